The minimum Gasteiger partial charge on any atom is -0.272 e. The Morgan fingerprint density at radius 2 is 1.87 bits per heavy atom. The van der Waals surface area contributed by atoms with E-state index in [-0.39, 0.29) is 5.41 Å². The van der Waals surface area contributed by atoms with Crippen LogP contribution in [-0.4, -0.2) is 9.78 Å². The van der Waals surface area contributed by atoms with Gasteiger partial charge in [0.05, 0.1) is 0 Å². The SMILES string of the molecule is CC(C)(C)CCn1ccc(C(F)(F)F)n1. The van der Waals surface area contributed by atoms with E-state index in [0.717, 1.165) is 12.5 Å². The fraction of sp³-hybridized carbons (Fsp3) is 0.700. The Hall–Kier alpha value is -1.00. The molecule has 0 saturated heterocycles. The second-order valence-electron chi connectivity index (χ2n) is 4.77. The molecule has 0 saturated carbocycles. The molecule has 2 nitrogen and oxygen atoms in total. The fourth-order valence-electron chi connectivity index (χ4n) is 1.09. The van der Waals surface area contributed by atoms with Crippen molar-refractivity contribution in [1.29, 1.82) is 0 Å². The molecule has 15 heavy (non-hydrogen) atoms. The molecule has 5 heteroatoms. The Kier molecular flexibility index (Phi) is 3.11. The van der Waals surface area contributed by atoms with E-state index in [1.807, 2.05) is 20.8 Å². The molecule has 0 aliphatic carbocycles. The lowest BCUT2D eigenvalue weighted by Gasteiger charge is -2.17. The molecule has 1 aromatic heterocycles. The average Bonchev–Trinajstić information content (AvgIpc) is 2.45. The summed E-state index contributed by atoms with van der Waals surface area (Å²) in [4.78, 5) is 0. The van der Waals surface area contributed by atoms with Gasteiger partial charge in [-0.15, -0.1) is 0 Å². The number of nitrogens with zero attached hydrogens (tertiary/aromatic N) is 2. The molecule has 0 radical (unpaired) electrons. The highest BCUT2D eigenvalue weighted by Crippen LogP contribution is 2.27. The number of aromatic nitrogens is 2. The van der Waals surface area contributed by atoms with Crippen LogP contribution in [0.25, 0.3) is 0 Å². The van der Waals surface area contributed by atoms with Gasteiger partial charge in [-0.2, -0.15) is 18.3 Å². The van der Waals surface area contributed by atoms with Gasteiger partial charge in [-0.1, -0.05) is 20.8 Å². The quantitative estimate of drug-likeness (QED) is 0.747. The highest BCUT2D eigenvalue weighted by molar-refractivity contribution is 5.03. The monoisotopic (exact) mass is 220 g/mol. The normalized spacial score (nSPS) is 13.2. The molecule has 0 amide bonds. The number of hydrogen-bond acceptors (Lipinski definition) is 1. The van der Waals surface area contributed by atoms with Crippen molar-refractivity contribution in [3.05, 3.63) is 18.0 Å². The molecule has 0 aliphatic heterocycles. The first-order chi connectivity index (χ1) is 6.68. The lowest BCUT2D eigenvalue weighted by Crippen LogP contribution is -2.12. The Bertz CT molecular complexity index is 320. The van der Waals surface area contributed by atoms with Crippen molar-refractivity contribution in [1.82, 2.24) is 9.78 Å². The zero-order valence-corrected chi connectivity index (χ0v) is 9.10. The molecule has 1 aromatic rings. The number of rotatable bonds is 2. The second kappa shape index (κ2) is 3.87. The summed E-state index contributed by atoms with van der Waals surface area (Å²) in [5.74, 6) is 0. The smallest absolute Gasteiger partial charge is 0.272 e. The predicted molar refractivity (Wildman–Crippen MR) is 51.3 cm³/mol. The highest BCUT2D eigenvalue weighted by atomic mass is 19.4. The van der Waals surface area contributed by atoms with Crippen LogP contribution in [0.4, 0.5) is 13.2 Å². The zero-order chi connectivity index (χ0) is 11.7. The summed E-state index contributed by atoms with van der Waals surface area (Å²) in [5.41, 5.74) is -0.721. The highest BCUT2D eigenvalue weighted by Gasteiger charge is 2.33. The summed E-state index contributed by atoms with van der Waals surface area (Å²) < 4.78 is 37.9. The number of alkyl halides is 3. The van der Waals surface area contributed by atoms with Crippen molar-refractivity contribution in [2.75, 3.05) is 0 Å². The standard InChI is InChI=1S/C10H15F3N2/c1-9(2,3)5-7-15-6-4-8(14-15)10(11,12)13/h4,6H,5,7H2,1-3H3. The molecule has 86 valence electrons. The van der Waals surface area contributed by atoms with Crippen LogP contribution in [0, 0.1) is 5.41 Å². The van der Waals surface area contributed by atoms with Gasteiger partial charge in [-0.05, 0) is 17.9 Å². The first-order valence-corrected chi connectivity index (χ1v) is 4.79. The number of hydrogen-bond donors (Lipinski definition) is 0. The molecule has 0 aromatic carbocycles. The Labute approximate surface area is 87.1 Å². The number of halogens is 3. The molecule has 0 spiro atoms. The molecule has 0 bridgehead atoms. The van der Waals surface area contributed by atoms with E-state index in [0.29, 0.717) is 6.54 Å². The summed E-state index contributed by atoms with van der Waals surface area (Å²) in [6.45, 7) is 6.64. The molecular formula is C10H15F3N2. The summed E-state index contributed by atoms with van der Waals surface area (Å²) in [5, 5.41) is 3.48. The van der Waals surface area contributed by atoms with Gasteiger partial charge in [0, 0.05) is 12.7 Å². The van der Waals surface area contributed by atoms with E-state index in [2.05, 4.69) is 5.10 Å². The third-order valence-corrected chi connectivity index (χ3v) is 2.02. The summed E-state index contributed by atoms with van der Waals surface area (Å²) in [7, 11) is 0. The van der Waals surface area contributed by atoms with E-state index in [1.165, 1.54) is 10.9 Å². The van der Waals surface area contributed by atoms with E-state index in [4.69, 9.17) is 0 Å². The molecular weight excluding hydrogens is 205 g/mol. The van der Waals surface area contributed by atoms with E-state index in [9.17, 15) is 13.2 Å². The number of aryl methyl sites for hydroxylation is 1. The summed E-state index contributed by atoms with van der Waals surface area (Å²) in [6, 6.07) is 1.00. The van der Waals surface area contributed by atoms with Crippen LogP contribution in [0.5, 0.6) is 0 Å². The predicted octanol–water partition coefficient (Wildman–Crippen LogP) is 3.34. The maximum Gasteiger partial charge on any atom is 0.435 e. The van der Waals surface area contributed by atoms with Gasteiger partial charge in [0.25, 0.3) is 0 Å². The van der Waals surface area contributed by atoms with E-state index >= 15 is 0 Å². The van der Waals surface area contributed by atoms with Crippen LogP contribution in [0.2, 0.25) is 0 Å². The van der Waals surface area contributed by atoms with Crippen LogP contribution < -0.4 is 0 Å². The van der Waals surface area contributed by atoms with Gasteiger partial charge in [0.2, 0.25) is 0 Å². The van der Waals surface area contributed by atoms with Crippen LogP contribution in [0.3, 0.4) is 0 Å². The first-order valence-electron chi connectivity index (χ1n) is 4.79. The topological polar surface area (TPSA) is 17.8 Å². The average molecular weight is 220 g/mol. The first kappa shape index (κ1) is 12.1. The zero-order valence-electron chi connectivity index (χ0n) is 9.10. The van der Waals surface area contributed by atoms with Crippen molar-refractivity contribution >= 4 is 0 Å². The minimum absolute atomic E-state index is 0.102. The van der Waals surface area contributed by atoms with E-state index in [1.54, 1.807) is 0 Å². The van der Waals surface area contributed by atoms with Gasteiger partial charge >= 0.3 is 6.18 Å². The van der Waals surface area contributed by atoms with Gasteiger partial charge < -0.3 is 0 Å². The van der Waals surface area contributed by atoms with Gasteiger partial charge in [-0.25, -0.2) is 0 Å². The second-order valence-corrected chi connectivity index (χ2v) is 4.77. The lowest BCUT2D eigenvalue weighted by atomic mass is 9.92. The van der Waals surface area contributed by atoms with Crippen molar-refractivity contribution in [3.63, 3.8) is 0 Å². The van der Waals surface area contributed by atoms with Crippen molar-refractivity contribution in [2.24, 2.45) is 5.41 Å². The summed E-state index contributed by atoms with van der Waals surface area (Å²) in [6.07, 6.45) is -2.17. The lowest BCUT2D eigenvalue weighted by molar-refractivity contribution is -0.141. The maximum atomic E-state index is 12.2. The molecule has 0 aliphatic rings. The Balaban J connectivity index is 2.62. The molecule has 1 heterocycles. The fourth-order valence-corrected chi connectivity index (χ4v) is 1.09. The van der Waals surface area contributed by atoms with Crippen LogP contribution >= 0.6 is 0 Å². The molecule has 0 atom stereocenters. The van der Waals surface area contributed by atoms with Gasteiger partial charge in [-0.3, -0.25) is 4.68 Å². The van der Waals surface area contributed by atoms with Crippen LogP contribution in [-0.2, 0) is 12.7 Å². The van der Waals surface area contributed by atoms with Crippen molar-refractivity contribution in [2.45, 2.75) is 39.9 Å². The van der Waals surface area contributed by atoms with Crippen molar-refractivity contribution < 1.29 is 13.2 Å². The van der Waals surface area contributed by atoms with Crippen LogP contribution in [0.15, 0.2) is 12.3 Å². The van der Waals surface area contributed by atoms with Gasteiger partial charge in [0.15, 0.2) is 5.69 Å². The Morgan fingerprint density at radius 1 is 1.27 bits per heavy atom. The molecule has 0 fully saturated rings. The summed E-state index contributed by atoms with van der Waals surface area (Å²) >= 11 is 0. The van der Waals surface area contributed by atoms with Crippen LogP contribution in [0.1, 0.15) is 32.9 Å². The minimum atomic E-state index is -4.34. The third kappa shape index (κ3) is 3.93. The Morgan fingerprint density at radius 3 is 2.27 bits per heavy atom. The maximum absolute atomic E-state index is 12.2. The van der Waals surface area contributed by atoms with Gasteiger partial charge in [0.1, 0.15) is 0 Å². The molecule has 1 rings (SSSR count). The molecule has 0 N–H and O–H groups in total. The van der Waals surface area contributed by atoms with E-state index < -0.39 is 11.9 Å². The van der Waals surface area contributed by atoms with Crippen molar-refractivity contribution in [3.8, 4) is 0 Å². The largest absolute Gasteiger partial charge is 0.435 e. The molecule has 0 unspecified atom stereocenters. The third-order valence-electron chi connectivity index (χ3n) is 2.02.